The van der Waals surface area contributed by atoms with Crippen molar-refractivity contribution in [2.45, 2.75) is 38.5 Å². The van der Waals surface area contributed by atoms with Crippen molar-refractivity contribution in [1.82, 2.24) is 4.57 Å². The Morgan fingerprint density at radius 2 is 0.681 bits per heavy atom. The minimum absolute atomic E-state index is 0.0965. The van der Waals surface area contributed by atoms with Gasteiger partial charge in [0.1, 0.15) is 0 Å². The van der Waals surface area contributed by atoms with Crippen molar-refractivity contribution in [3.63, 3.8) is 0 Å². The maximum absolute atomic E-state index is 2.52. The van der Waals surface area contributed by atoms with Crippen LogP contribution < -0.4 is 0 Å². The van der Waals surface area contributed by atoms with Gasteiger partial charge >= 0.3 is 0 Å². The molecule has 0 amide bonds. The zero-order valence-electron chi connectivity index (χ0n) is 39.2. The summed E-state index contributed by atoms with van der Waals surface area (Å²) >= 11 is 0. The lowest BCUT2D eigenvalue weighted by Crippen LogP contribution is -2.15. The molecule has 0 unspecified atom stereocenters. The molecule has 2 aliphatic carbocycles. The molecule has 1 heterocycles. The Morgan fingerprint density at radius 1 is 0.261 bits per heavy atom. The van der Waals surface area contributed by atoms with E-state index in [1.54, 1.807) is 0 Å². The van der Waals surface area contributed by atoms with E-state index in [0.717, 1.165) is 0 Å². The molecule has 0 atom stereocenters. The molecule has 0 fully saturated rings. The Kier molecular flexibility index (Phi) is 7.70. The summed E-state index contributed by atoms with van der Waals surface area (Å²) in [5.41, 5.74) is 19.3. The van der Waals surface area contributed by atoms with Crippen molar-refractivity contribution in [3.05, 3.63) is 235 Å². The van der Waals surface area contributed by atoms with Crippen LogP contribution in [0.2, 0.25) is 0 Å². The standard InChI is InChI=1S/C68H47N/c1-67(2)59-29-17-16-24-47(59)56-37-58-57-34-40(31-33-63(57)69(64(58)39-62(56)67)42-18-6-5-7-19-42)65-49-25-12-14-27-51(49)66(52-28-15-13-26-50(52)65)41-30-32-48-55-36-53-45-22-10-8-20-43(45)44-21-9-11-23-46(44)54(53)38-61(55)68(3,4)60(48)35-41/h5-39H,1-4H3. The van der Waals surface area contributed by atoms with Crippen molar-refractivity contribution >= 4 is 75.7 Å². The van der Waals surface area contributed by atoms with Crippen LogP contribution in [0.25, 0.3) is 126 Å². The van der Waals surface area contributed by atoms with Gasteiger partial charge in [-0.3, -0.25) is 0 Å². The van der Waals surface area contributed by atoms with Crippen LogP contribution >= 0.6 is 0 Å². The smallest absolute Gasteiger partial charge is 0.0544 e. The van der Waals surface area contributed by atoms with E-state index in [4.69, 9.17) is 0 Å². The van der Waals surface area contributed by atoms with E-state index < -0.39 is 0 Å². The summed E-state index contributed by atoms with van der Waals surface area (Å²) in [7, 11) is 0. The van der Waals surface area contributed by atoms with E-state index in [1.807, 2.05) is 0 Å². The summed E-state index contributed by atoms with van der Waals surface area (Å²) in [4.78, 5) is 0. The summed E-state index contributed by atoms with van der Waals surface area (Å²) in [5, 5.41) is 15.5. The summed E-state index contributed by atoms with van der Waals surface area (Å²) in [6, 6.07) is 80.5. The van der Waals surface area contributed by atoms with Gasteiger partial charge in [0.25, 0.3) is 0 Å². The lowest BCUT2D eigenvalue weighted by Gasteiger charge is -2.23. The van der Waals surface area contributed by atoms with Gasteiger partial charge in [0.2, 0.25) is 0 Å². The van der Waals surface area contributed by atoms with E-state index in [9.17, 15) is 0 Å². The second-order valence-corrected chi connectivity index (χ2v) is 20.7. The fourth-order valence-electron chi connectivity index (χ4n) is 13.3. The molecule has 69 heavy (non-hydrogen) atoms. The number of hydrogen-bond donors (Lipinski definition) is 0. The predicted molar refractivity (Wildman–Crippen MR) is 294 cm³/mol. The van der Waals surface area contributed by atoms with Crippen LogP contribution in [-0.4, -0.2) is 4.57 Å². The van der Waals surface area contributed by atoms with Crippen molar-refractivity contribution < 1.29 is 0 Å². The number of fused-ring (bicyclic) bond motifs is 17. The average molecular weight is 878 g/mol. The van der Waals surface area contributed by atoms with Crippen molar-refractivity contribution in [2.24, 2.45) is 0 Å². The van der Waals surface area contributed by atoms with Gasteiger partial charge < -0.3 is 4.57 Å². The molecule has 324 valence electrons. The van der Waals surface area contributed by atoms with E-state index in [0.29, 0.717) is 0 Å². The first-order chi connectivity index (χ1) is 33.8. The Hall–Kier alpha value is -8.26. The van der Waals surface area contributed by atoms with Crippen LogP contribution in [0.1, 0.15) is 49.9 Å². The monoisotopic (exact) mass is 877 g/mol. The second kappa shape index (κ2) is 13.7. The molecule has 0 saturated heterocycles. The topological polar surface area (TPSA) is 4.93 Å². The Balaban J connectivity index is 0.946. The predicted octanol–water partition coefficient (Wildman–Crippen LogP) is 18.5. The number of hydrogen-bond acceptors (Lipinski definition) is 0. The molecule has 0 N–H and O–H groups in total. The van der Waals surface area contributed by atoms with E-state index in [-0.39, 0.29) is 10.8 Å². The summed E-state index contributed by atoms with van der Waals surface area (Å²) in [6.45, 7) is 9.61. The van der Waals surface area contributed by atoms with Crippen LogP contribution in [0.5, 0.6) is 0 Å². The SMILES string of the molecule is CC1(C)c2cc(-c3c4ccccc4c(-c4ccc5c(c4)c4cc6c(cc4n5-c4ccccc4)C(C)(C)c4ccccc4-6)c4ccccc34)ccc2-c2cc3c4ccccc4c4ccccc4c3cc21. The molecule has 15 rings (SSSR count). The number of para-hydroxylation sites is 1. The third kappa shape index (κ3) is 5.15. The first-order valence-electron chi connectivity index (χ1n) is 24.5. The fourth-order valence-corrected chi connectivity index (χ4v) is 13.3. The number of benzene rings is 12. The van der Waals surface area contributed by atoms with Crippen molar-refractivity contribution in [2.75, 3.05) is 0 Å². The van der Waals surface area contributed by atoms with Gasteiger partial charge in [-0.15, -0.1) is 0 Å². The van der Waals surface area contributed by atoms with Crippen LogP contribution in [-0.2, 0) is 10.8 Å². The fraction of sp³-hybridized carbons (Fsp3) is 0.0882. The molecule has 0 aliphatic heterocycles. The van der Waals surface area contributed by atoms with E-state index >= 15 is 0 Å². The third-order valence-electron chi connectivity index (χ3n) is 16.5. The summed E-state index contributed by atoms with van der Waals surface area (Å²) < 4.78 is 2.48. The molecule has 0 spiro atoms. The van der Waals surface area contributed by atoms with Gasteiger partial charge in [-0.2, -0.15) is 0 Å². The molecule has 12 aromatic carbocycles. The van der Waals surface area contributed by atoms with Gasteiger partial charge in [0.15, 0.2) is 0 Å². The maximum Gasteiger partial charge on any atom is 0.0544 e. The number of nitrogens with zero attached hydrogens (tertiary/aromatic N) is 1. The molecule has 0 saturated carbocycles. The minimum Gasteiger partial charge on any atom is -0.309 e. The Bertz CT molecular complexity index is 4350. The number of aromatic nitrogens is 1. The van der Waals surface area contributed by atoms with Gasteiger partial charge in [-0.05, 0) is 175 Å². The second-order valence-electron chi connectivity index (χ2n) is 20.7. The lowest BCUT2D eigenvalue weighted by atomic mass is 9.79. The van der Waals surface area contributed by atoms with Gasteiger partial charge in [-0.1, -0.05) is 185 Å². The van der Waals surface area contributed by atoms with Crippen molar-refractivity contribution in [3.8, 4) is 50.2 Å². The molecule has 2 aliphatic rings. The molecular weight excluding hydrogens is 831 g/mol. The highest BCUT2D eigenvalue weighted by molar-refractivity contribution is 6.27. The first kappa shape index (κ1) is 38.8. The normalized spacial score (nSPS) is 14.3. The summed E-state index contributed by atoms with van der Waals surface area (Å²) in [5.74, 6) is 0. The maximum atomic E-state index is 2.52. The van der Waals surface area contributed by atoms with E-state index in [2.05, 4.69) is 245 Å². The molecule has 1 heteroatoms. The lowest BCUT2D eigenvalue weighted by molar-refractivity contribution is 0.661. The van der Waals surface area contributed by atoms with Gasteiger partial charge in [0, 0.05) is 27.3 Å². The van der Waals surface area contributed by atoms with Crippen LogP contribution in [0.15, 0.2) is 212 Å². The molecular formula is C68H47N. The highest BCUT2D eigenvalue weighted by atomic mass is 15.0. The zero-order chi connectivity index (χ0) is 45.9. The highest BCUT2D eigenvalue weighted by Crippen LogP contribution is 2.55. The van der Waals surface area contributed by atoms with Crippen LogP contribution in [0, 0.1) is 0 Å². The number of rotatable bonds is 3. The van der Waals surface area contributed by atoms with Crippen molar-refractivity contribution in [1.29, 1.82) is 0 Å². The molecule has 0 radical (unpaired) electrons. The molecule has 0 bridgehead atoms. The largest absolute Gasteiger partial charge is 0.309 e. The van der Waals surface area contributed by atoms with E-state index in [1.165, 1.54) is 148 Å². The van der Waals surface area contributed by atoms with Gasteiger partial charge in [-0.25, -0.2) is 0 Å². The first-order valence-corrected chi connectivity index (χ1v) is 24.5. The summed E-state index contributed by atoms with van der Waals surface area (Å²) in [6.07, 6.45) is 0. The molecule has 1 aromatic heterocycles. The third-order valence-corrected chi connectivity index (χ3v) is 16.5. The zero-order valence-corrected chi connectivity index (χ0v) is 39.2. The molecule has 1 nitrogen and oxygen atoms in total. The Labute approximate surface area is 401 Å². The minimum atomic E-state index is -0.195. The molecule has 13 aromatic rings. The Morgan fingerprint density at radius 3 is 1.30 bits per heavy atom. The van der Waals surface area contributed by atoms with Gasteiger partial charge in [0.05, 0.1) is 11.0 Å². The average Bonchev–Trinajstić information content (AvgIpc) is 3.92. The highest BCUT2D eigenvalue weighted by Gasteiger charge is 2.38. The van der Waals surface area contributed by atoms with Crippen LogP contribution in [0.4, 0.5) is 0 Å². The quantitative estimate of drug-likeness (QED) is 0.123. The van der Waals surface area contributed by atoms with Crippen LogP contribution in [0.3, 0.4) is 0 Å².